The Balaban J connectivity index is 1.55. The van der Waals surface area contributed by atoms with Crippen LogP contribution in [0.15, 0.2) is 52.9 Å². The number of furan rings is 1. The van der Waals surface area contributed by atoms with Crippen molar-refractivity contribution in [3.63, 3.8) is 0 Å². The van der Waals surface area contributed by atoms with Crippen molar-refractivity contribution in [1.29, 1.82) is 0 Å². The van der Waals surface area contributed by atoms with E-state index >= 15 is 0 Å². The van der Waals surface area contributed by atoms with Crippen LogP contribution >= 0.6 is 11.6 Å². The van der Waals surface area contributed by atoms with Gasteiger partial charge in [0.2, 0.25) is 0 Å². The third-order valence-corrected chi connectivity index (χ3v) is 6.06. The van der Waals surface area contributed by atoms with Crippen LogP contribution in [0.2, 0.25) is 0 Å². The molecule has 0 N–H and O–H groups in total. The minimum absolute atomic E-state index is 0.0311. The molecule has 1 aliphatic carbocycles. The zero-order chi connectivity index (χ0) is 17.9. The molecule has 3 heteroatoms. The number of rotatable bonds is 5. The fourth-order valence-corrected chi connectivity index (χ4v) is 4.41. The molecule has 2 aromatic carbocycles. The van der Waals surface area contributed by atoms with E-state index in [-0.39, 0.29) is 5.38 Å². The summed E-state index contributed by atoms with van der Waals surface area (Å²) in [6.45, 7) is 2.68. The van der Waals surface area contributed by atoms with Gasteiger partial charge in [-0.3, -0.25) is 0 Å². The third kappa shape index (κ3) is 3.61. The van der Waals surface area contributed by atoms with Crippen molar-refractivity contribution in [3.05, 3.63) is 65.4 Å². The summed E-state index contributed by atoms with van der Waals surface area (Å²) in [7, 11) is 0. The van der Waals surface area contributed by atoms with Gasteiger partial charge < -0.3 is 9.15 Å². The molecule has 3 aromatic rings. The zero-order valence-corrected chi connectivity index (χ0v) is 16.0. The first kappa shape index (κ1) is 17.5. The summed E-state index contributed by atoms with van der Waals surface area (Å²) in [4.78, 5) is 0. The predicted octanol–water partition coefficient (Wildman–Crippen LogP) is 7.18. The molecule has 0 saturated heterocycles. The zero-order valence-electron chi connectivity index (χ0n) is 15.2. The van der Waals surface area contributed by atoms with Gasteiger partial charge in [0.25, 0.3) is 0 Å². The molecule has 1 unspecified atom stereocenters. The molecule has 0 amide bonds. The van der Waals surface area contributed by atoms with E-state index < -0.39 is 0 Å². The van der Waals surface area contributed by atoms with E-state index in [4.69, 9.17) is 20.8 Å². The monoisotopic (exact) mass is 368 g/mol. The van der Waals surface area contributed by atoms with Gasteiger partial charge in [0.15, 0.2) is 0 Å². The van der Waals surface area contributed by atoms with Crippen molar-refractivity contribution in [2.24, 2.45) is 5.92 Å². The van der Waals surface area contributed by atoms with Gasteiger partial charge in [-0.05, 0) is 49.4 Å². The van der Waals surface area contributed by atoms with Crippen molar-refractivity contribution >= 4 is 22.6 Å². The lowest BCUT2D eigenvalue weighted by molar-refractivity contribution is 0.306. The molecular weight excluding hydrogens is 344 g/mol. The first-order valence-electron chi connectivity index (χ1n) is 9.56. The van der Waals surface area contributed by atoms with E-state index in [0.717, 1.165) is 33.6 Å². The lowest BCUT2D eigenvalue weighted by Gasteiger charge is -2.25. The lowest BCUT2D eigenvalue weighted by atomic mass is 9.85. The molecule has 0 bridgehead atoms. The Labute approximate surface area is 160 Å². The van der Waals surface area contributed by atoms with Crippen molar-refractivity contribution in [2.45, 2.75) is 51.0 Å². The van der Waals surface area contributed by atoms with Gasteiger partial charge in [0.1, 0.15) is 23.7 Å². The minimum atomic E-state index is -0.0311. The summed E-state index contributed by atoms with van der Waals surface area (Å²) in [5.74, 6) is 2.33. The Hall–Kier alpha value is -1.93. The highest BCUT2D eigenvalue weighted by molar-refractivity contribution is 6.21. The summed E-state index contributed by atoms with van der Waals surface area (Å²) in [6.07, 6.45) is 6.31. The molecule has 0 spiro atoms. The Kier molecular flexibility index (Phi) is 5.21. The molecule has 136 valence electrons. The number of aryl methyl sites for hydroxylation is 1. The lowest BCUT2D eigenvalue weighted by Crippen LogP contribution is -2.12. The van der Waals surface area contributed by atoms with E-state index in [2.05, 4.69) is 25.1 Å². The molecule has 1 saturated carbocycles. The maximum absolute atomic E-state index is 6.82. The number of alkyl halides is 1. The first-order valence-corrected chi connectivity index (χ1v) is 10.00. The molecule has 26 heavy (non-hydrogen) atoms. The van der Waals surface area contributed by atoms with Gasteiger partial charge in [-0.1, -0.05) is 49.6 Å². The van der Waals surface area contributed by atoms with Crippen LogP contribution < -0.4 is 4.74 Å². The van der Waals surface area contributed by atoms with Gasteiger partial charge in [0, 0.05) is 10.9 Å². The van der Waals surface area contributed by atoms with Crippen LogP contribution in [0.4, 0.5) is 0 Å². The molecule has 1 heterocycles. The van der Waals surface area contributed by atoms with Crippen molar-refractivity contribution in [1.82, 2.24) is 0 Å². The second-order valence-electron chi connectivity index (χ2n) is 7.32. The largest absolute Gasteiger partial charge is 0.489 e. The smallest absolute Gasteiger partial charge is 0.134 e. The number of ether oxygens (including phenoxy) is 1. The normalized spacial score (nSPS) is 16.7. The second kappa shape index (κ2) is 7.75. The molecular formula is C23H25ClO2. The molecule has 1 aliphatic rings. The van der Waals surface area contributed by atoms with Crippen molar-refractivity contribution in [2.75, 3.05) is 0 Å². The van der Waals surface area contributed by atoms with E-state index in [1.54, 1.807) is 0 Å². The van der Waals surface area contributed by atoms with Gasteiger partial charge in [-0.25, -0.2) is 0 Å². The van der Waals surface area contributed by atoms with Crippen molar-refractivity contribution < 1.29 is 9.15 Å². The van der Waals surface area contributed by atoms with Gasteiger partial charge in [-0.15, -0.1) is 11.6 Å². The van der Waals surface area contributed by atoms with Gasteiger partial charge in [-0.2, -0.15) is 0 Å². The second-order valence-corrected chi connectivity index (χ2v) is 7.79. The van der Waals surface area contributed by atoms with E-state index in [9.17, 15) is 0 Å². The van der Waals surface area contributed by atoms with Crippen LogP contribution in [0.25, 0.3) is 11.0 Å². The molecule has 2 nitrogen and oxygen atoms in total. The number of benzene rings is 2. The Morgan fingerprint density at radius 2 is 1.85 bits per heavy atom. The van der Waals surface area contributed by atoms with Crippen LogP contribution in [0.5, 0.6) is 5.75 Å². The predicted molar refractivity (Wildman–Crippen MR) is 107 cm³/mol. The fourth-order valence-electron chi connectivity index (χ4n) is 3.95. The maximum Gasteiger partial charge on any atom is 0.134 e. The van der Waals surface area contributed by atoms with E-state index in [0.29, 0.717) is 12.5 Å². The summed E-state index contributed by atoms with van der Waals surface area (Å²) in [5.41, 5.74) is 3.21. The van der Waals surface area contributed by atoms with Crippen LogP contribution in [-0.2, 0) is 6.61 Å². The Bertz CT molecular complexity index is 863. The third-order valence-electron chi connectivity index (χ3n) is 5.51. The van der Waals surface area contributed by atoms with Crippen LogP contribution in [-0.4, -0.2) is 0 Å². The van der Waals surface area contributed by atoms with Crippen LogP contribution in [0.3, 0.4) is 0 Å². The van der Waals surface area contributed by atoms with Crippen LogP contribution in [0, 0.1) is 12.8 Å². The average molecular weight is 369 g/mol. The average Bonchev–Trinajstić information content (AvgIpc) is 3.03. The molecule has 1 atom stereocenters. The summed E-state index contributed by atoms with van der Waals surface area (Å²) in [5, 5.41) is 1.07. The maximum atomic E-state index is 6.82. The summed E-state index contributed by atoms with van der Waals surface area (Å²) in [6, 6.07) is 16.3. The molecule has 0 aliphatic heterocycles. The fraction of sp³-hybridized carbons (Fsp3) is 0.391. The van der Waals surface area contributed by atoms with E-state index in [1.165, 1.54) is 32.1 Å². The van der Waals surface area contributed by atoms with Gasteiger partial charge >= 0.3 is 0 Å². The standard InChI is InChI=1S/C23H25ClO2/c1-16-20-14-19(25-15-17-8-4-2-5-9-17)12-13-21(20)26-23(16)22(24)18-10-6-3-7-11-18/h2,4-5,8-9,12-14,18,22H,3,6-7,10-11,15H2,1H3. The summed E-state index contributed by atoms with van der Waals surface area (Å²) < 4.78 is 12.1. The Morgan fingerprint density at radius 1 is 1.08 bits per heavy atom. The minimum Gasteiger partial charge on any atom is -0.489 e. The first-order chi connectivity index (χ1) is 12.7. The topological polar surface area (TPSA) is 22.4 Å². The van der Waals surface area contributed by atoms with Crippen LogP contribution in [0.1, 0.15) is 54.4 Å². The summed E-state index contributed by atoms with van der Waals surface area (Å²) >= 11 is 6.82. The van der Waals surface area contributed by atoms with E-state index in [1.807, 2.05) is 30.3 Å². The number of halogens is 1. The highest BCUT2D eigenvalue weighted by Crippen LogP contribution is 2.43. The van der Waals surface area contributed by atoms with Crippen molar-refractivity contribution in [3.8, 4) is 5.75 Å². The Morgan fingerprint density at radius 3 is 2.62 bits per heavy atom. The molecule has 0 radical (unpaired) electrons. The molecule has 4 rings (SSSR count). The number of hydrogen-bond acceptors (Lipinski definition) is 2. The SMILES string of the molecule is Cc1c(C(Cl)C2CCCCC2)oc2ccc(OCc3ccccc3)cc12. The number of fused-ring (bicyclic) bond motifs is 1. The highest BCUT2D eigenvalue weighted by Gasteiger charge is 2.28. The quantitative estimate of drug-likeness (QED) is 0.445. The molecule has 1 aromatic heterocycles. The highest BCUT2D eigenvalue weighted by atomic mass is 35.5. The molecule has 1 fully saturated rings. The number of hydrogen-bond donors (Lipinski definition) is 0. The van der Waals surface area contributed by atoms with Gasteiger partial charge in [0.05, 0.1) is 5.38 Å².